The zero-order valence-corrected chi connectivity index (χ0v) is 14.6. The van der Waals surface area contributed by atoms with E-state index in [9.17, 15) is 13.9 Å². The number of aromatic hydroxyl groups is 1. The SMILES string of the molecule is Cc1cc(-c2nc3c(C)cc(O)cc3s2)c2ncc(OC(F)F)nc2c1. The molecular weight excluding hydrogens is 360 g/mol. The molecule has 26 heavy (non-hydrogen) atoms. The van der Waals surface area contributed by atoms with Crippen LogP contribution in [0.15, 0.2) is 30.5 Å². The molecule has 0 saturated carbocycles. The van der Waals surface area contributed by atoms with Gasteiger partial charge in [-0.15, -0.1) is 11.3 Å². The largest absolute Gasteiger partial charge is 0.508 e. The number of hydrogen-bond acceptors (Lipinski definition) is 6. The third-order valence-corrected chi connectivity index (χ3v) is 4.92. The predicted molar refractivity (Wildman–Crippen MR) is 95.9 cm³/mol. The zero-order valence-electron chi connectivity index (χ0n) is 13.8. The summed E-state index contributed by atoms with van der Waals surface area (Å²) in [4.78, 5) is 13.1. The fraction of sp³-hybridized carbons (Fsp3) is 0.167. The number of benzene rings is 2. The number of ether oxygens (including phenoxy) is 1. The lowest BCUT2D eigenvalue weighted by molar-refractivity contribution is -0.0528. The third kappa shape index (κ3) is 2.92. The Kier molecular flexibility index (Phi) is 3.91. The molecule has 0 spiro atoms. The van der Waals surface area contributed by atoms with Crippen LogP contribution in [-0.4, -0.2) is 26.7 Å². The highest BCUT2D eigenvalue weighted by Crippen LogP contribution is 2.37. The Bertz CT molecular complexity index is 1140. The smallest absolute Gasteiger partial charge is 0.388 e. The van der Waals surface area contributed by atoms with Crippen molar-refractivity contribution in [2.75, 3.05) is 0 Å². The van der Waals surface area contributed by atoms with Crippen LogP contribution in [-0.2, 0) is 0 Å². The molecule has 0 aliphatic heterocycles. The minimum absolute atomic E-state index is 0.188. The van der Waals surface area contributed by atoms with E-state index >= 15 is 0 Å². The molecule has 2 aromatic heterocycles. The molecule has 8 heteroatoms. The van der Waals surface area contributed by atoms with Gasteiger partial charge in [-0.2, -0.15) is 8.78 Å². The molecule has 0 bridgehead atoms. The van der Waals surface area contributed by atoms with Crippen molar-refractivity contribution < 1.29 is 18.6 Å². The van der Waals surface area contributed by atoms with E-state index in [1.165, 1.54) is 17.5 Å². The molecule has 0 aliphatic carbocycles. The van der Waals surface area contributed by atoms with Gasteiger partial charge in [0.25, 0.3) is 0 Å². The summed E-state index contributed by atoms with van der Waals surface area (Å²) in [7, 11) is 0. The minimum atomic E-state index is -2.95. The van der Waals surface area contributed by atoms with Crippen molar-refractivity contribution in [3.8, 4) is 22.2 Å². The van der Waals surface area contributed by atoms with Crippen LogP contribution in [0.3, 0.4) is 0 Å². The molecule has 132 valence electrons. The summed E-state index contributed by atoms with van der Waals surface area (Å²) in [6, 6.07) is 7.02. The molecule has 4 rings (SSSR count). The first-order valence-corrected chi connectivity index (χ1v) is 8.55. The van der Waals surface area contributed by atoms with Crippen LogP contribution >= 0.6 is 11.3 Å². The van der Waals surface area contributed by atoms with Gasteiger partial charge in [0.2, 0.25) is 5.88 Å². The molecule has 2 aromatic carbocycles. The first kappa shape index (κ1) is 16.6. The average molecular weight is 373 g/mol. The quantitative estimate of drug-likeness (QED) is 0.557. The van der Waals surface area contributed by atoms with Crippen LogP contribution < -0.4 is 4.74 Å². The van der Waals surface area contributed by atoms with Crippen LogP contribution in [0.25, 0.3) is 31.8 Å². The maximum absolute atomic E-state index is 12.4. The summed E-state index contributed by atoms with van der Waals surface area (Å²) in [5, 5.41) is 10.5. The van der Waals surface area contributed by atoms with E-state index in [4.69, 9.17) is 0 Å². The maximum Gasteiger partial charge on any atom is 0.388 e. The number of thiazole rings is 1. The normalized spacial score (nSPS) is 11.6. The van der Waals surface area contributed by atoms with Gasteiger partial charge < -0.3 is 9.84 Å². The number of fused-ring (bicyclic) bond motifs is 2. The van der Waals surface area contributed by atoms with Crippen LogP contribution in [0.2, 0.25) is 0 Å². The second-order valence-corrected chi connectivity index (χ2v) is 6.93. The highest BCUT2D eigenvalue weighted by atomic mass is 32.1. The van der Waals surface area contributed by atoms with Crippen molar-refractivity contribution in [3.05, 3.63) is 41.6 Å². The molecule has 2 heterocycles. The van der Waals surface area contributed by atoms with Gasteiger partial charge in [-0.1, -0.05) is 0 Å². The molecule has 4 aromatic rings. The molecule has 0 amide bonds. The Balaban J connectivity index is 1.92. The second-order valence-electron chi connectivity index (χ2n) is 5.90. The Hall–Kier alpha value is -2.87. The van der Waals surface area contributed by atoms with Crippen LogP contribution in [0.1, 0.15) is 11.1 Å². The lowest BCUT2D eigenvalue weighted by atomic mass is 10.1. The lowest BCUT2D eigenvalue weighted by Gasteiger charge is -2.07. The molecule has 0 aliphatic rings. The number of hydrogen-bond donors (Lipinski definition) is 1. The van der Waals surface area contributed by atoms with E-state index in [1.807, 2.05) is 19.9 Å². The molecule has 1 N–H and O–H groups in total. The Morgan fingerprint density at radius 3 is 2.65 bits per heavy atom. The molecule has 0 unspecified atom stereocenters. The van der Waals surface area contributed by atoms with Crippen molar-refractivity contribution in [1.29, 1.82) is 0 Å². The topological polar surface area (TPSA) is 68.1 Å². The predicted octanol–water partition coefficient (Wildman–Crippen LogP) is 4.83. The van der Waals surface area contributed by atoms with E-state index < -0.39 is 6.61 Å². The van der Waals surface area contributed by atoms with Crippen molar-refractivity contribution in [1.82, 2.24) is 15.0 Å². The fourth-order valence-corrected chi connectivity index (χ4v) is 3.95. The van der Waals surface area contributed by atoms with Gasteiger partial charge in [0.1, 0.15) is 10.8 Å². The van der Waals surface area contributed by atoms with Gasteiger partial charge in [0.05, 0.1) is 27.4 Å². The van der Waals surface area contributed by atoms with E-state index in [1.54, 1.807) is 18.2 Å². The van der Waals surface area contributed by atoms with Crippen LogP contribution in [0.5, 0.6) is 11.6 Å². The summed E-state index contributed by atoms with van der Waals surface area (Å²) < 4.78 is 30.0. The Morgan fingerprint density at radius 1 is 1.08 bits per heavy atom. The number of phenolic OH excluding ortho intramolecular Hbond substituents is 1. The Morgan fingerprint density at radius 2 is 1.88 bits per heavy atom. The highest BCUT2D eigenvalue weighted by molar-refractivity contribution is 7.21. The lowest BCUT2D eigenvalue weighted by Crippen LogP contribution is -2.04. The van der Waals surface area contributed by atoms with E-state index in [2.05, 4.69) is 19.7 Å². The van der Waals surface area contributed by atoms with Gasteiger partial charge in [-0.3, -0.25) is 0 Å². The molecule has 5 nitrogen and oxygen atoms in total. The standard InChI is InChI=1S/C18H13F2N3O2S/c1-8-3-11(16-12(4-8)22-14(7-21-16)25-18(19)20)17-23-15-9(2)5-10(24)6-13(15)26-17/h3-7,18,24H,1-2H3. The Labute approximate surface area is 150 Å². The fourth-order valence-electron chi connectivity index (χ4n) is 2.85. The monoisotopic (exact) mass is 373 g/mol. The summed E-state index contributed by atoms with van der Waals surface area (Å²) in [5.41, 5.74) is 4.35. The van der Waals surface area contributed by atoms with Gasteiger partial charge in [-0.05, 0) is 49.2 Å². The number of nitrogens with zero attached hydrogens (tertiary/aromatic N) is 3. The molecular formula is C18H13F2N3O2S. The molecule has 0 saturated heterocycles. The van der Waals surface area contributed by atoms with Crippen molar-refractivity contribution in [2.24, 2.45) is 0 Å². The summed E-state index contributed by atoms with van der Waals surface area (Å²) in [5.74, 6) is -0.0398. The minimum Gasteiger partial charge on any atom is -0.508 e. The summed E-state index contributed by atoms with van der Waals surface area (Å²) in [6.45, 7) is 0.814. The second kappa shape index (κ2) is 6.14. The molecule has 0 radical (unpaired) electrons. The first-order valence-electron chi connectivity index (χ1n) is 7.73. The van der Waals surface area contributed by atoms with Gasteiger partial charge in [0.15, 0.2) is 0 Å². The zero-order chi connectivity index (χ0) is 18.4. The number of aromatic nitrogens is 3. The average Bonchev–Trinajstić information content (AvgIpc) is 2.97. The summed E-state index contributed by atoms with van der Waals surface area (Å²) >= 11 is 1.43. The van der Waals surface area contributed by atoms with Gasteiger partial charge >= 0.3 is 6.61 Å². The van der Waals surface area contributed by atoms with Gasteiger partial charge in [-0.25, -0.2) is 15.0 Å². The van der Waals surface area contributed by atoms with E-state index in [0.29, 0.717) is 11.0 Å². The molecule has 0 fully saturated rings. The third-order valence-electron chi connectivity index (χ3n) is 3.88. The maximum atomic E-state index is 12.4. The van der Waals surface area contributed by atoms with Crippen LogP contribution in [0, 0.1) is 13.8 Å². The summed E-state index contributed by atoms with van der Waals surface area (Å²) in [6.07, 6.45) is 1.18. The van der Waals surface area contributed by atoms with Crippen LogP contribution in [0.4, 0.5) is 8.78 Å². The van der Waals surface area contributed by atoms with Crippen molar-refractivity contribution >= 4 is 32.6 Å². The number of aryl methyl sites for hydroxylation is 2. The number of halogens is 2. The van der Waals surface area contributed by atoms with Gasteiger partial charge in [0, 0.05) is 5.56 Å². The number of alkyl halides is 2. The molecule has 0 atom stereocenters. The number of rotatable bonds is 3. The van der Waals surface area contributed by atoms with E-state index in [0.717, 1.165) is 31.9 Å². The highest BCUT2D eigenvalue weighted by Gasteiger charge is 2.15. The van der Waals surface area contributed by atoms with E-state index in [-0.39, 0.29) is 11.6 Å². The van der Waals surface area contributed by atoms with Crippen molar-refractivity contribution in [3.63, 3.8) is 0 Å². The number of phenols is 1. The first-order chi connectivity index (χ1) is 12.4. The van der Waals surface area contributed by atoms with Crippen molar-refractivity contribution in [2.45, 2.75) is 20.5 Å².